The maximum atomic E-state index is 5.29. The van der Waals surface area contributed by atoms with Crippen molar-refractivity contribution in [3.8, 4) is 21.1 Å². The van der Waals surface area contributed by atoms with Crippen LogP contribution in [0.25, 0.3) is 21.1 Å². The molecule has 0 fully saturated rings. The molecule has 0 amide bonds. The zero-order chi connectivity index (χ0) is 14.4. The van der Waals surface area contributed by atoms with Crippen LogP contribution in [-0.2, 0) is 19.4 Å². The highest BCUT2D eigenvalue weighted by Crippen LogP contribution is 2.42. The third-order valence-corrected chi connectivity index (χ3v) is 5.55. The van der Waals surface area contributed by atoms with E-state index < -0.39 is 0 Å². The summed E-state index contributed by atoms with van der Waals surface area (Å²) < 4.78 is 2.75. The molecular weight excluding hydrogens is 298 g/mol. The van der Waals surface area contributed by atoms with Gasteiger partial charge in [0.15, 0.2) is 10.6 Å². The van der Waals surface area contributed by atoms with E-state index in [0.29, 0.717) is 4.77 Å². The monoisotopic (exact) mass is 313 g/mol. The van der Waals surface area contributed by atoms with E-state index in [2.05, 4.69) is 52.0 Å². The first-order valence-electron chi connectivity index (χ1n) is 7.14. The van der Waals surface area contributed by atoms with E-state index in [1.165, 1.54) is 26.4 Å². The van der Waals surface area contributed by atoms with Gasteiger partial charge >= 0.3 is 0 Å². The Morgan fingerprint density at radius 2 is 2.10 bits per heavy atom. The van der Waals surface area contributed by atoms with Crippen LogP contribution in [0, 0.1) is 4.77 Å². The number of H-pyrrole nitrogens is 1. The topological polar surface area (TPSA) is 33.6 Å². The number of rotatable bonds is 2. The van der Waals surface area contributed by atoms with Gasteiger partial charge in [-0.3, -0.25) is 9.67 Å². The molecule has 5 heteroatoms. The average molecular weight is 313 g/mol. The molecule has 0 unspecified atom stereocenters. The van der Waals surface area contributed by atoms with Crippen LogP contribution >= 0.6 is 23.6 Å². The third-order valence-electron chi connectivity index (χ3n) is 4.03. The van der Waals surface area contributed by atoms with Gasteiger partial charge in [-0.15, -0.1) is 11.3 Å². The molecule has 0 bridgehead atoms. The van der Waals surface area contributed by atoms with Crippen LogP contribution in [0.5, 0.6) is 0 Å². The lowest BCUT2D eigenvalue weighted by Gasteiger charge is -2.15. The van der Waals surface area contributed by atoms with Crippen molar-refractivity contribution in [2.75, 3.05) is 0 Å². The first-order chi connectivity index (χ1) is 10.3. The lowest BCUT2D eigenvalue weighted by Crippen LogP contribution is -2.00. The number of aromatic amines is 1. The number of nitrogens with zero attached hydrogens (tertiary/aromatic N) is 2. The van der Waals surface area contributed by atoms with Crippen molar-refractivity contribution in [1.29, 1.82) is 0 Å². The molecule has 2 heterocycles. The van der Waals surface area contributed by atoms with E-state index in [9.17, 15) is 0 Å². The Kier molecular flexibility index (Phi) is 3.05. The van der Waals surface area contributed by atoms with Gasteiger partial charge in [0.25, 0.3) is 0 Å². The van der Waals surface area contributed by atoms with Gasteiger partial charge in [-0.25, -0.2) is 0 Å². The standard InChI is InChI=1S/C16H15N3S2/c1-2-19-15(17-18-16(19)20)13-9-11-8-7-10-5-3-4-6-12(10)14(11)21-13/h3-6,9H,2,7-8H2,1H3,(H,18,20). The molecular formula is C16H15N3S2. The molecule has 1 N–H and O–H groups in total. The maximum absolute atomic E-state index is 5.29. The van der Waals surface area contributed by atoms with Crippen molar-refractivity contribution in [3.63, 3.8) is 0 Å². The van der Waals surface area contributed by atoms with E-state index >= 15 is 0 Å². The minimum Gasteiger partial charge on any atom is -0.300 e. The normalized spacial score (nSPS) is 13.0. The zero-order valence-electron chi connectivity index (χ0n) is 11.7. The van der Waals surface area contributed by atoms with Gasteiger partial charge in [0.05, 0.1) is 4.88 Å². The molecule has 4 rings (SSSR count). The summed E-state index contributed by atoms with van der Waals surface area (Å²) in [7, 11) is 0. The Morgan fingerprint density at radius 1 is 1.29 bits per heavy atom. The van der Waals surface area contributed by atoms with Crippen molar-refractivity contribution < 1.29 is 0 Å². The number of benzene rings is 1. The quantitative estimate of drug-likeness (QED) is 0.709. The minimum absolute atomic E-state index is 0.694. The Balaban J connectivity index is 1.89. The largest absolute Gasteiger partial charge is 0.300 e. The van der Waals surface area contributed by atoms with Gasteiger partial charge in [-0.05, 0) is 54.7 Å². The van der Waals surface area contributed by atoms with Crippen molar-refractivity contribution in [1.82, 2.24) is 14.8 Å². The molecule has 1 aliphatic carbocycles. The van der Waals surface area contributed by atoms with E-state index in [0.717, 1.165) is 25.2 Å². The molecule has 3 nitrogen and oxygen atoms in total. The molecule has 0 atom stereocenters. The lowest BCUT2D eigenvalue weighted by molar-refractivity contribution is 0.757. The Morgan fingerprint density at radius 3 is 2.95 bits per heavy atom. The summed E-state index contributed by atoms with van der Waals surface area (Å²) in [6, 6.07) is 11.0. The fourth-order valence-electron chi connectivity index (χ4n) is 2.98. The molecule has 1 aliphatic rings. The van der Waals surface area contributed by atoms with Crippen LogP contribution in [0.2, 0.25) is 0 Å². The van der Waals surface area contributed by atoms with E-state index in [1.807, 2.05) is 11.3 Å². The van der Waals surface area contributed by atoms with Crippen LogP contribution < -0.4 is 0 Å². The third kappa shape index (κ3) is 2.00. The molecule has 0 aliphatic heterocycles. The van der Waals surface area contributed by atoms with Crippen molar-refractivity contribution >= 4 is 23.6 Å². The molecule has 0 saturated heterocycles. The zero-order valence-corrected chi connectivity index (χ0v) is 13.4. The van der Waals surface area contributed by atoms with Crippen molar-refractivity contribution in [2.45, 2.75) is 26.3 Å². The van der Waals surface area contributed by atoms with Crippen molar-refractivity contribution in [2.24, 2.45) is 0 Å². The maximum Gasteiger partial charge on any atom is 0.195 e. The summed E-state index contributed by atoms with van der Waals surface area (Å²) in [4.78, 5) is 2.59. The second kappa shape index (κ2) is 4.93. The van der Waals surface area contributed by atoms with E-state index in [4.69, 9.17) is 12.2 Å². The van der Waals surface area contributed by atoms with Crippen LogP contribution in [0.4, 0.5) is 0 Å². The Hall–Kier alpha value is -1.72. The lowest BCUT2D eigenvalue weighted by atomic mass is 9.91. The van der Waals surface area contributed by atoms with Crippen LogP contribution in [-0.4, -0.2) is 14.8 Å². The molecule has 0 saturated carbocycles. The highest BCUT2D eigenvalue weighted by atomic mass is 32.1. The first-order valence-corrected chi connectivity index (χ1v) is 8.37. The number of thiophene rings is 1. The Bertz CT molecular complexity index is 870. The molecule has 0 spiro atoms. The molecule has 1 aromatic carbocycles. The number of hydrogen-bond acceptors (Lipinski definition) is 3. The van der Waals surface area contributed by atoms with Gasteiger partial charge in [-0.1, -0.05) is 24.3 Å². The summed E-state index contributed by atoms with van der Waals surface area (Å²) >= 11 is 7.12. The Labute approximate surface area is 132 Å². The number of fused-ring (bicyclic) bond motifs is 3. The first kappa shape index (κ1) is 13.0. The molecule has 2 aromatic heterocycles. The second-order valence-corrected chi connectivity index (χ2v) is 6.66. The summed E-state index contributed by atoms with van der Waals surface area (Å²) in [6.45, 7) is 2.93. The van der Waals surface area contributed by atoms with Crippen molar-refractivity contribution in [3.05, 3.63) is 46.2 Å². The molecule has 0 radical (unpaired) electrons. The minimum atomic E-state index is 0.694. The van der Waals surface area contributed by atoms with E-state index in [1.54, 1.807) is 0 Å². The van der Waals surface area contributed by atoms with Crippen LogP contribution in [0.3, 0.4) is 0 Å². The molecule has 3 aromatic rings. The summed E-state index contributed by atoms with van der Waals surface area (Å²) in [5, 5.41) is 7.32. The molecule has 106 valence electrons. The average Bonchev–Trinajstić information content (AvgIpc) is 3.10. The summed E-state index contributed by atoms with van der Waals surface area (Å²) in [6.07, 6.45) is 2.24. The SMILES string of the molecule is CCn1c(-c2cc3c(s2)-c2ccccc2CC3)n[nH]c1=S. The van der Waals surface area contributed by atoms with Gasteiger partial charge < -0.3 is 0 Å². The fourth-order valence-corrected chi connectivity index (χ4v) is 4.51. The summed E-state index contributed by atoms with van der Waals surface area (Å²) in [5.74, 6) is 0.958. The number of aromatic nitrogens is 3. The predicted molar refractivity (Wildman–Crippen MR) is 89.2 cm³/mol. The van der Waals surface area contributed by atoms with Gasteiger partial charge in [0, 0.05) is 11.4 Å². The van der Waals surface area contributed by atoms with Crippen LogP contribution in [0.1, 0.15) is 18.1 Å². The second-order valence-electron chi connectivity index (χ2n) is 5.22. The van der Waals surface area contributed by atoms with Crippen LogP contribution in [0.15, 0.2) is 30.3 Å². The highest BCUT2D eigenvalue weighted by molar-refractivity contribution is 7.71. The van der Waals surface area contributed by atoms with Gasteiger partial charge in [-0.2, -0.15) is 5.10 Å². The fraction of sp³-hybridized carbons (Fsp3) is 0.250. The smallest absolute Gasteiger partial charge is 0.195 e. The highest BCUT2D eigenvalue weighted by Gasteiger charge is 2.21. The summed E-state index contributed by atoms with van der Waals surface area (Å²) in [5.41, 5.74) is 4.27. The predicted octanol–water partition coefficient (Wildman–Crippen LogP) is 4.45. The van der Waals surface area contributed by atoms with Gasteiger partial charge in [0.1, 0.15) is 0 Å². The van der Waals surface area contributed by atoms with E-state index in [-0.39, 0.29) is 0 Å². The number of aryl methyl sites for hydroxylation is 2. The number of hydrogen-bond donors (Lipinski definition) is 1. The van der Waals surface area contributed by atoms with Gasteiger partial charge in [0.2, 0.25) is 0 Å². The number of nitrogens with one attached hydrogen (secondary N) is 1. The molecule has 21 heavy (non-hydrogen) atoms.